The summed E-state index contributed by atoms with van der Waals surface area (Å²) in [6, 6.07) is 8.22. The highest BCUT2D eigenvalue weighted by atomic mass is 35.5. The maximum Gasteiger partial charge on any atom is 0.152 e. The van der Waals surface area contributed by atoms with Gasteiger partial charge in [-0.05, 0) is 30.9 Å². The van der Waals surface area contributed by atoms with Crippen molar-refractivity contribution in [2.75, 3.05) is 18.1 Å². The van der Waals surface area contributed by atoms with Crippen molar-refractivity contribution in [2.24, 2.45) is 0 Å². The first-order chi connectivity index (χ1) is 9.26. The fraction of sp³-hybridized carbons (Fsp3) is 0.467. The molecular formula is C15H20ClNOS. The lowest BCUT2D eigenvalue weighted by molar-refractivity contribution is 0.456. The molecule has 1 N–H and O–H groups in total. The van der Waals surface area contributed by atoms with Crippen LogP contribution >= 0.6 is 23.4 Å². The number of benzene rings is 1. The van der Waals surface area contributed by atoms with Crippen molar-refractivity contribution in [1.29, 1.82) is 0 Å². The van der Waals surface area contributed by atoms with Crippen molar-refractivity contribution in [1.82, 2.24) is 5.32 Å². The normalized spacial score (nSPS) is 13.0. The van der Waals surface area contributed by atoms with E-state index in [9.17, 15) is 0 Å². The van der Waals surface area contributed by atoms with Gasteiger partial charge in [-0.15, -0.1) is 0 Å². The number of para-hydroxylation sites is 1. The molecule has 0 bridgehead atoms. The lowest BCUT2D eigenvalue weighted by atomic mass is 10.2. The molecule has 1 unspecified atom stereocenters. The summed E-state index contributed by atoms with van der Waals surface area (Å²) in [6.45, 7) is 5.35. The average Bonchev–Trinajstić information content (AvgIpc) is 2.84. The summed E-state index contributed by atoms with van der Waals surface area (Å²) in [5, 5.41) is 5.30. The van der Waals surface area contributed by atoms with Crippen molar-refractivity contribution in [3.05, 3.63) is 35.0 Å². The van der Waals surface area contributed by atoms with Crippen LogP contribution in [0, 0.1) is 0 Å². The van der Waals surface area contributed by atoms with E-state index in [-0.39, 0.29) is 6.04 Å². The minimum atomic E-state index is 0.258. The number of halogens is 1. The number of hydrogen-bond acceptors (Lipinski definition) is 3. The lowest BCUT2D eigenvalue weighted by Gasteiger charge is -2.15. The minimum Gasteiger partial charge on any atom is -0.458 e. The number of rotatable bonds is 7. The van der Waals surface area contributed by atoms with E-state index in [4.69, 9.17) is 16.0 Å². The van der Waals surface area contributed by atoms with Gasteiger partial charge < -0.3 is 9.73 Å². The Bertz CT molecular complexity index is 518. The second-order valence-corrected chi connectivity index (χ2v) is 6.20. The van der Waals surface area contributed by atoms with Crippen molar-refractivity contribution < 1.29 is 4.42 Å². The molecule has 0 amide bonds. The molecule has 0 radical (unpaired) electrons. The summed E-state index contributed by atoms with van der Waals surface area (Å²) in [7, 11) is 0. The van der Waals surface area contributed by atoms with E-state index in [1.807, 2.05) is 30.0 Å². The summed E-state index contributed by atoms with van der Waals surface area (Å²) in [5.41, 5.74) is 0.795. The molecule has 4 heteroatoms. The van der Waals surface area contributed by atoms with Crippen LogP contribution in [0.3, 0.4) is 0 Å². The molecule has 0 saturated carbocycles. The monoisotopic (exact) mass is 297 g/mol. The van der Waals surface area contributed by atoms with Crippen molar-refractivity contribution in [2.45, 2.75) is 26.3 Å². The van der Waals surface area contributed by atoms with Crippen molar-refractivity contribution >= 4 is 34.3 Å². The van der Waals surface area contributed by atoms with Crippen LogP contribution in [-0.2, 0) is 0 Å². The maximum absolute atomic E-state index is 6.16. The van der Waals surface area contributed by atoms with Gasteiger partial charge in [0.05, 0.1) is 11.1 Å². The molecule has 0 fully saturated rings. The molecule has 0 aliphatic rings. The smallest absolute Gasteiger partial charge is 0.152 e. The molecule has 2 nitrogen and oxygen atoms in total. The Hall–Kier alpha value is -0.640. The quantitative estimate of drug-likeness (QED) is 0.788. The standard InChI is InChI=1S/C15H20ClNOS/c1-3-8-17-13(10-19-4-2)14-9-11-6-5-7-12(16)15(11)18-14/h5-7,9,13,17H,3-4,8,10H2,1-2H3. The molecule has 1 aromatic heterocycles. The Balaban J connectivity index is 2.24. The molecule has 0 spiro atoms. The van der Waals surface area contributed by atoms with E-state index in [1.165, 1.54) is 0 Å². The minimum absolute atomic E-state index is 0.258. The fourth-order valence-electron chi connectivity index (χ4n) is 2.02. The molecule has 1 heterocycles. The Morgan fingerprint density at radius 3 is 2.89 bits per heavy atom. The van der Waals surface area contributed by atoms with Gasteiger partial charge in [0.1, 0.15) is 5.76 Å². The van der Waals surface area contributed by atoms with E-state index in [0.29, 0.717) is 5.02 Å². The maximum atomic E-state index is 6.16. The molecule has 104 valence electrons. The fourth-order valence-corrected chi connectivity index (χ4v) is 2.99. The Morgan fingerprint density at radius 2 is 2.21 bits per heavy atom. The SMILES string of the molecule is CCCNC(CSCC)c1cc2cccc(Cl)c2o1. The van der Waals surface area contributed by atoms with Gasteiger partial charge in [0.15, 0.2) is 5.58 Å². The number of hydrogen-bond donors (Lipinski definition) is 1. The largest absolute Gasteiger partial charge is 0.458 e. The van der Waals surface area contributed by atoms with Gasteiger partial charge >= 0.3 is 0 Å². The predicted octanol–water partition coefficient (Wildman–Crippen LogP) is 4.88. The van der Waals surface area contributed by atoms with Crippen LogP contribution in [0.2, 0.25) is 5.02 Å². The van der Waals surface area contributed by atoms with Gasteiger partial charge in [-0.1, -0.05) is 37.6 Å². The second kappa shape index (κ2) is 7.22. The molecule has 1 atom stereocenters. The van der Waals surface area contributed by atoms with Crippen LogP contribution in [0.1, 0.15) is 32.1 Å². The van der Waals surface area contributed by atoms with E-state index in [1.54, 1.807) is 0 Å². The van der Waals surface area contributed by atoms with Gasteiger partial charge in [-0.25, -0.2) is 0 Å². The van der Waals surface area contributed by atoms with Crippen LogP contribution < -0.4 is 5.32 Å². The molecule has 0 saturated heterocycles. The number of thioether (sulfide) groups is 1. The van der Waals surface area contributed by atoms with Gasteiger partial charge in [-0.3, -0.25) is 0 Å². The molecule has 2 rings (SSSR count). The summed E-state index contributed by atoms with van der Waals surface area (Å²) in [6.07, 6.45) is 1.12. The van der Waals surface area contributed by atoms with Crippen LogP contribution in [0.15, 0.2) is 28.7 Å². The topological polar surface area (TPSA) is 25.2 Å². The first-order valence-electron chi connectivity index (χ1n) is 6.75. The molecular weight excluding hydrogens is 278 g/mol. The van der Waals surface area contributed by atoms with Gasteiger partial charge in [0.2, 0.25) is 0 Å². The van der Waals surface area contributed by atoms with Crippen molar-refractivity contribution in [3.63, 3.8) is 0 Å². The Morgan fingerprint density at radius 1 is 1.37 bits per heavy atom. The third-order valence-corrected chi connectivity index (χ3v) is 4.26. The van der Waals surface area contributed by atoms with Gasteiger partial charge in [0, 0.05) is 11.1 Å². The highest BCUT2D eigenvalue weighted by Crippen LogP contribution is 2.30. The van der Waals surface area contributed by atoms with Crippen LogP contribution in [0.25, 0.3) is 11.0 Å². The molecule has 1 aromatic carbocycles. The Kier molecular flexibility index (Phi) is 5.61. The third-order valence-electron chi connectivity index (χ3n) is 2.99. The lowest BCUT2D eigenvalue weighted by Crippen LogP contribution is -2.23. The second-order valence-electron chi connectivity index (χ2n) is 4.47. The number of furan rings is 1. The predicted molar refractivity (Wildman–Crippen MR) is 85.3 cm³/mol. The highest BCUT2D eigenvalue weighted by Gasteiger charge is 2.16. The zero-order valence-electron chi connectivity index (χ0n) is 11.4. The molecule has 0 aliphatic heterocycles. The van der Waals surface area contributed by atoms with Crippen LogP contribution in [0.5, 0.6) is 0 Å². The van der Waals surface area contributed by atoms with Crippen molar-refractivity contribution in [3.8, 4) is 0 Å². The molecule has 2 aromatic rings. The zero-order valence-corrected chi connectivity index (χ0v) is 13.0. The first kappa shape index (κ1) is 14.8. The Labute approximate surface area is 123 Å². The van der Waals surface area contributed by atoms with Gasteiger partial charge in [-0.2, -0.15) is 11.8 Å². The van der Waals surface area contributed by atoms with Crippen LogP contribution in [0.4, 0.5) is 0 Å². The zero-order chi connectivity index (χ0) is 13.7. The first-order valence-corrected chi connectivity index (χ1v) is 8.28. The van der Waals surface area contributed by atoms with Crippen LogP contribution in [-0.4, -0.2) is 18.1 Å². The summed E-state index contributed by atoms with van der Waals surface area (Å²) >= 11 is 8.08. The molecule has 0 aliphatic carbocycles. The highest BCUT2D eigenvalue weighted by molar-refractivity contribution is 7.99. The average molecular weight is 298 g/mol. The third kappa shape index (κ3) is 3.68. The summed E-state index contributed by atoms with van der Waals surface area (Å²) in [5.74, 6) is 3.12. The number of fused-ring (bicyclic) bond motifs is 1. The number of nitrogens with one attached hydrogen (secondary N) is 1. The summed E-state index contributed by atoms with van der Waals surface area (Å²) < 4.78 is 5.95. The molecule has 19 heavy (non-hydrogen) atoms. The van der Waals surface area contributed by atoms with Gasteiger partial charge in [0.25, 0.3) is 0 Å². The summed E-state index contributed by atoms with van der Waals surface area (Å²) in [4.78, 5) is 0. The van der Waals surface area contributed by atoms with E-state index < -0.39 is 0 Å². The van der Waals surface area contributed by atoms with E-state index in [0.717, 1.165) is 41.2 Å². The van der Waals surface area contributed by atoms with E-state index >= 15 is 0 Å². The van der Waals surface area contributed by atoms with E-state index in [2.05, 4.69) is 25.2 Å².